The minimum atomic E-state index is -0.887. The summed E-state index contributed by atoms with van der Waals surface area (Å²) in [4.78, 5) is 0. The number of benzene rings is 2. The molecule has 21 heavy (non-hydrogen) atoms. The third kappa shape index (κ3) is 6.66. The molecule has 9 heteroatoms. The van der Waals surface area contributed by atoms with Crippen LogP contribution in [0.1, 0.15) is 0 Å². The van der Waals surface area contributed by atoms with Gasteiger partial charge in [0.1, 0.15) is 0 Å². The van der Waals surface area contributed by atoms with Crippen LogP contribution in [0.5, 0.6) is 0 Å². The summed E-state index contributed by atoms with van der Waals surface area (Å²) in [5.74, 6) is -5.15. The second-order valence-corrected chi connectivity index (χ2v) is 5.73. The molecule has 0 N–H and O–H groups in total. The molecule has 2 radical (unpaired) electrons. The van der Waals surface area contributed by atoms with Gasteiger partial charge in [0.25, 0.3) is 0 Å². The van der Waals surface area contributed by atoms with Crippen molar-refractivity contribution in [3.8, 4) is 0 Å². The van der Waals surface area contributed by atoms with Crippen molar-refractivity contribution in [1.82, 2.24) is 0 Å². The van der Waals surface area contributed by atoms with E-state index in [1.54, 1.807) is 0 Å². The molecule has 0 fully saturated rings. The molecule has 0 aliphatic carbocycles. The van der Waals surface area contributed by atoms with Crippen molar-refractivity contribution in [3.63, 3.8) is 0 Å². The smallest absolute Gasteiger partial charge is 0 e. The predicted octanol–water partition coefficient (Wildman–Crippen LogP) is 1.79. The Morgan fingerprint density at radius 1 is 0.524 bits per heavy atom. The molecule has 2 rings (SSSR count). The van der Waals surface area contributed by atoms with E-state index in [1.165, 1.54) is 44.6 Å². The summed E-state index contributed by atoms with van der Waals surface area (Å²) in [5.41, 5.74) is 0. The van der Waals surface area contributed by atoms with Gasteiger partial charge in [0.05, 0.1) is 0 Å². The second kappa shape index (κ2) is 9.61. The second-order valence-electron chi connectivity index (χ2n) is 3.40. The van der Waals surface area contributed by atoms with Crippen LogP contribution in [-0.4, -0.2) is 44.6 Å². The fourth-order valence-corrected chi connectivity index (χ4v) is 1.73. The van der Waals surface area contributed by atoms with Crippen LogP contribution in [0.25, 0.3) is 0 Å². The summed E-state index contributed by atoms with van der Waals surface area (Å²) in [6, 6.07) is 2.61. The maximum absolute atomic E-state index is 12.4. The van der Waals surface area contributed by atoms with Gasteiger partial charge in [-0.1, -0.05) is 0 Å². The maximum Gasteiger partial charge on any atom is 0 e. The monoisotopic (exact) mass is 636 g/mol. The van der Waals surface area contributed by atoms with E-state index in [0.717, 1.165) is 0 Å². The standard InChI is InChI=1S/2C6H2F3Te.Cd/c2*7-3-1-4(8)6(10)5(9)2-3;/h2*1-2H;. The zero-order valence-electron chi connectivity index (χ0n) is 10.1. The Bertz CT molecular complexity index is 534. The SMILES string of the molecule is Fc1cc(F)c([Te])c(F)c1.Fc1cc(F)c([Te])c(F)c1.[Cd]. The van der Waals surface area contributed by atoms with Gasteiger partial charge in [-0.2, -0.15) is 0 Å². The molecule has 0 bridgehead atoms. The van der Waals surface area contributed by atoms with Crippen molar-refractivity contribution in [3.05, 3.63) is 59.2 Å². The van der Waals surface area contributed by atoms with E-state index in [9.17, 15) is 26.3 Å². The van der Waals surface area contributed by atoms with Crippen LogP contribution < -0.4 is 7.22 Å². The first-order valence-corrected chi connectivity index (χ1v) is 7.18. The zero-order chi connectivity index (χ0) is 15.4. The van der Waals surface area contributed by atoms with E-state index in [-0.39, 0.29) is 34.5 Å². The van der Waals surface area contributed by atoms with E-state index in [2.05, 4.69) is 0 Å². The summed E-state index contributed by atoms with van der Waals surface area (Å²) in [6.07, 6.45) is 0. The number of halogens is 6. The molecular weight excluding hydrogens is 626 g/mol. The summed E-state index contributed by atoms with van der Waals surface area (Å²) < 4.78 is 73.4. The Labute approximate surface area is 163 Å². The first-order valence-electron chi connectivity index (χ1n) is 4.85. The summed E-state index contributed by atoms with van der Waals surface area (Å²) in [6.45, 7) is 0. The molecule has 0 nitrogen and oxygen atoms in total. The minimum absolute atomic E-state index is 0. The molecule has 0 aromatic heterocycles. The molecular formula is C12H4CdF6Te2. The van der Waals surface area contributed by atoms with E-state index in [4.69, 9.17) is 0 Å². The predicted molar refractivity (Wildman–Crippen MR) is 63.4 cm³/mol. The quantitative estimate of drug-likeness (QED) is 0.308. The molecule has 0 amide bonds. The average Bonchev–Trinajstić information content (AvgIpc) is 2.33. The molecule has 0 atom stereocenters. The van der Waals surface area contributed by atoms with Gasteiger partial charge in [-0.25, -0.2) is 0 Å². The van der Waals surface area contributed by atoms with Gasteiger partial charge in [-0.15, -0.1) is 0 Å². The minimum Gasteiger partial charge on any atom is 0 e. The van der Waals surface area contributed by atoms with Crippen LogP contribution in [0.4, 0.5) is 26.3 Å². The number of hydrogen-bond donors (Lipinski definition) is 0. The van der Waals surface area contributed by atoms with Crippen LogP contribution >= 0.6 is 0 Å². The summed E-state index contributed by atoms with van der Waals surface area (Å²) >= 11 is 2.36. The molecule has 2 aromatic carbocycles. The van der Waals surface area contributed by atoms with Gasteiger partial charge >= 0.3 is 137 Å². The van der Waals surface area contributed by atoms with Crippen molar-refractivity contribution in [2.24, 2.45) is 0 Å². The third-order valence-corrected chi connectivity index (χ3v) is 4.15. The first-order chi connectivity index (χ1) is 9.22. The fraction of sp³-hybridized carbons (Fsp3) is 0. The average molecular weight is 630 g/mol. The summed E-state index contributed by atoms with van der Waals surface area (Å²) in [7, 11) is 0. The van der Waals surface area contributed by atoms with Crippen LogP contribution in [-0.2, 0) is 27.3 Å². The van der Waals surface area contributed by atoms with E-state index < -0.39 is 34.9 Å². The first kappa shape index (κ1) is 21.5. The molecule has 0 heterocycles. The Morgan fingerprint density at radius 2 is 0.714 bits per heavy atom. The van der Waals surface area contributed by atoms with Gasteiger partial charge in [-0.05, 0) is 0 Å². The molecule has 0 aliphatic rings. The topological polar surface area (TPSA) is 0 Å². The van der Waals surface area contributed by atoms with Gasteiger partial charge in [0.2, 0.25) is 0 Å². The van der Waals surface area contributed by atoms with Crippen LogP contribution in [0, 0.1) is 34.9 Å². The van der Waals surface area contributed by atoms with Crippen molar-refractivity contribution >= 4 is 51.8 Å². The van der Waals surface area contributed by atoms with Crippen molar-refractivity contribution in [2.75, 3.05) is 0 Å². The Hall–Kier alpha value is 0.521. The zero-order valence-corrected chi connectivity index (χ0v) is 18.8. The van der Waals surface area contributed by atoms with Crippen LogP contribution in [0.3, 0.4) is 0 Å². The van der Waals surface area contributed by atoms with Crippen molar-refractivity contribution in [2.45, 2.75) is 0 Å². The fourth-order valence-electron chi connectivity index (χ4n) is 1.06. The Kier molecular flexibility index (Phi) is 9.85. The van der Waals surface area contributed by atoms with Crippen molar-refractivity contribution in [1.29, 1.82) is 0 Å². The summed E-state index contributed by atoms with van der Waals surface area (Å²) in [5, 5.41) is 0. The molecule has 0 spiro atoms. The number of hydrogen-bond acceptors (Lipinski definition) is 0. The molecule has 0 saturated carbocycles. The van der Waals surface area contributed by atoms with Gasteiger partial charge in [-0.3, -0.25) is 0 Å². The van der Waals surface area contributed by atoms with Gasteiger partial charge < -0.3 is 0 Å². The Morgan fingerprint density at radius 3 is 0.905 bits per heavy atom. The van der Waals surface area contributed by atoms with E-state index in [0.29, 0.717) is 24.3 Å². The van der Waals surface area contributed by atoms with Crippen LogP contribution in [0.2, 0.25) is 0 Å². The molecule has 108 valence electrons. The van der Waals surface area contributed by atoms with E-state index >= 15 is 0 Å². The largest absolute Gasteiger partial charge is 0 e. The van der Waals surface area contributed by atoms with Crippen LogP contribution in [0.15, 0.2) is 24.3 Å². The van der Waals surface area contributed by atoms with Crippen molar-refractivity contribution < 1.29 is 53.6 Å². The molecule has 0 unspecified atom stereocenters. The molecule has 0 aliphatic heterocycles. The van der Waals surface area contributed by atoms with Gasteiger partial charge in [0.15, 0.2) is 0 Å². The normalized spacial score (nSPS) is 9.43. The van der Waals surface area contributed by atoms with E-state index in [1.807, 2.05) is 0 Å². The molecule has 0 saturated heterocycles. The third-order valence-electron chi connectivity index (χ3n) is 1.93. The van der Waals surface area contributed by atoms with Gasteiger partial charge in [0, 0.05) is 27.3 Å². The maximum atomic E-state index is 12.4. The molecule has 2 aromatic rings. The Balaban J connectivity index is 0.000000364. The number of rotatable bonds is 0.